The Morgan fingerprint density at radius 3 is 2.68 bits per heavy atom. The van der Waals surface area contributed by atoms with Gasteiger partial charge in [0.25, 0.3) is 5.91 Å². The van der Waals surface area contributed by atoms with E-state index >= 15 is 0 Å². The topological polar surface area (TPSA) is 61.9 Å². The first-order valence-corrected chi connectivity index (χ1v) is 9.71. The van der Waals surface area contributed by atoms with Crippen LogP contribution in [-0.4, -0.2) is 53.9 Å². The van der Waals surface area contributed by atoms with E-state index in [4.69, 9.17) is 4.74 Å². The average Bonchev–Trinajstić information content (AvgIpc) is 2.69. The largest absolute Gasteiger partial charge is 0.478 e. The number of rotatable bonds is 4. The lowest BCUT2D eigenvalue weighted by Gasteiger charge is -2.35. The Morgan fingerprint density at radius 2 is 1.89 bits per heavy atom. The first-order valence-electron chi connectivity index (χ1n) is 9.71. The van der Waals surface area contributed by atoms with Crippen molar-refractivity contribution in [2.75, 3.05) is 31.5 Å². The number of benzene rings is 2. The van der Waals surface area contributed by atoms with Crippen molar-refractivity contribution < 1.29 is 14.3 Å². The second-order valence-electron chi connectivity index (χ2n) is 7.44. The van der Waals surface area contributed by atoms with E-state index in [1.165, 1.54) is 11.1 Å². The number of carbonyl (C=O) groups excluding carboxylic acids is 2. The average molecular weight is 379 g/mol. The van der Waals surface area contributed by atoms with Crippen LogP contribution in [0.15, 0.2) is 48.5 Å². The van der Waals surface area contributed by atoms with Gasteiger partial charge in [-0.15, -0.1) is 0 Å². The number of carbonyl (C=O) groups is 2. The molecule has 1 saturated heterocycles. The molecule has 4 rings (SSSR count). The number of nitrogens with zero attached hydrogens (tertiary/aromatic N) is 2. The third kappa shape index (κ3) is 4.17. The molecule has 0 unspecified atom stereocenters. The van der Waals surface area contributed by atoms with Crippen LogP contribution >= 0.6 is 0 Å². The molecule has 28 heavy (non-hydrogen) atoms. The van der Waals surface area contributed by atoms with E-state index in [1.54, 1.807) is 12.1 Å². The highest BCUT2D eigenvalue weighted by molar-refractivity contribution is 5.99. The van der Waals surface area contributed by atoms with Crippen LogP contribution in [0.2, 0.25) is 0 Å². The molecule has 2 aromatic carbocycles. The maximum atomic E-state index is 12.7. The third-order valence-corrected chi connectivity index (χ3v) is 5.28. The molecule has 0 aliphatic carbocycles. The predicted molar refractivity (Wildman–Crippen MR) is 107 cm³/mol. The van der Waals surface area contributed by atoms with Gasteiger partial charge in [0.1, 0.15) is 5.75 Å². The van der Waals surface area contributed by atoms with Gasteiger partial charge in [-0.3, -0.25) is 14.5 Å². The number of hydrogen-bond acceptors (Lipinski definition) is 4. The van der Waals surface area contributed by atoms with Gasteiger partial charge in [-0.1, -0.05) is 42.0 Å². The lowest BCUT2D eigenvalue weighted by atomic mass is 10.1. The van der Waals surface area contributed by atoms with E-state index in [1.807, 2.05) is 17.0 Å². The zero-order valence-electron chi connectivity index (χ0n) is 16.1. The first kappa shape index (κ1) is 18.5. The Kier molecular flexibility index (Phi) is 5.30. The Balaban J connectivity index is 1.29. The van der Waals surface area contributed by atoms with E-state index in [2.05, 4.69) is 41.4 Å². The third-order valence-electron chi connectivity index (χ3n) is 5.28. The Bertz CT molecular complexity index is 875. The van der Waals surface area contributed by atoms with Crippen molar-refractivity contribution in [3.63, 3.8) is 0 Å². The van der Waals surface area contributed by atoms with Crippen molar-refractivity contribution in [1.29, 1.82) is 0 Å². The molecule has 2 aliphatic heterocycles. The summed E-state index contributed by atoms with van der Waals surface area (Å²) in [6.45, 7) is 6.02. The van der Waals surface area contributed by atoms with E-state index in [9.17, 15) is 9.59 Å². The molecule has 0 radical (unpaired) electrons. The molecule has 6 nitrogen and oxygen atoms in total. The molecular formula is C22H25N3O3. The summed E-state index contributed by atoms with van der Waals surface area (Å²) >= 11 is 0. The van der Waals surface area contributed by atoms with E-state index in [0.29, 0.717) is 24.5 Å². The second-order valence-corrected chi connectivity index (χ2v) is 7.44. The quantitative estimate of drug-likeness (QED) is 0.886. The molecule has 1 fully saturated rings. The van der Waals surface area contributed by atoms with Crippen LogP contribution in [-0.2, 0) is 16.1 Å². The normalized spacial score (nSPS) is 19.5. The SMILES string of the molecule is Cc1cccc(CN2CCN(C(=O)C[C@H]3Oc4ccccc4NC3=O)CC2)c1. The number of fused-ring (bicyclic) bond motifs is 1. The van der Waals surface area contributed by atoms with Crippen LogP contribution in [0.4, 0.5) is 5.69 Å². The number of anilines is 1. The molecule has 2 heterocycles. The second kappa shape index (κ2) is 8.02. The molecule has 0 saturated carbocycles. The summed E-state index contributed by atoms with van der Waals surface area (Å²) < 4.78 is 5.75. The van der Waals surface area contributed by atoms with Gasteiger partial charge in [-0.2, -0.15) is 0 Å². The zero-order valence-corrected chi connectivity index (χ0v) is 16.1. The van der Waals surface area contributed by atoms with Crippen LogP contribution in [0.3, 0.4) is 0 Å². The Morgan fingerprint density at radius 1 is 1.11 bits per heavy atom. The molecule has 0 bridgehead atoms. The summed E-state index contributed by atoms with van der Waals surface area (Å²) in [5.74, 6) is 0.322. The van der Waals surface area contributed by atoms with Gasteiger partial charge < -0.3 is 15.0 Å². The van der Waals surface area contributed by atoms with Gasteiger partial charge in [-0.05, 0) is 24.6 Å². The first-order chi connectivity index (χ1) is 13.6. The molecule has 0 aromatic heterocycles. The summed E-state index contributed by atoms with van der Waals surface area (Å²) in [5, 5.41) is 2.81. The summed E-state index contributed by atoms with van der Waals surface area (Å²) in [7, 11) is 0. The maximum absolute atomic E-state index is 12.7. The van der Waals surface area contributed by atoms with Crippen LogP contribution in [0.25, 0.3) is 0 Å². The summed E-state index contributed by atoms with van der Waals surface area (Å²) in [4.78, 5) is 29.1. The fraction of sp³-hybridized carbons (Fsp3) is 0.364. The molecule has 6 heteroatoms. The highest BCUT2D eigenvalue weighted by Crippen LogP contribution is 2.29. The van der Waals surface area contributed by atoms with E-state index < -0.39 is 6.10 Å². The lowest BCUT2D eigenvalue weighted by molar-refractivity contribution is -0.138. The maximum Gasteiger partial charge on any atom is 0.266 e. The zero-order chi connectivity index (χ0) is 19.5. The number of aryl methyl sites for hydroxylation is 1. The minimum Gasteiger partial charge on any atom is -0.478 e. The van der Waals surface area contributed by atoms with Crippen molar-refractivity contribution in [3.8, 4) is 5.75 Å². The van der Waals surface area contributed by atoms with Gasteiger partial charge in [0.2, 0.25) is 5.91 Å². The van der Waals surface area contributed by atoms with Crippen molar-refractivity contribution in [2.24, 2.45) is 0 Å². The Hall–Kier alpha value is -2.86. The van der Waals surface area contributed by atoms with Crippen LogP contribution in [0.1, 0.15) is 17.5 Å². The van der Waals surface area contributed by atoms with Gasteiger partial charge >= 0.3 is 0 Å². The van der Waals surface area contributed by atoms with Crippen LogP contribution in [0.5, 0.6) is 5.75 Å². The number of ether oxygens (including phenoxy) is 1. The molecule has 1 atom stereocenters. The van der Waals surface area contributed by atoms with Crippen LogP contribution in [0, 0.1) is 6.92 Å². The van der Waals surface area contributed by atoms with Gasteiger partial charge in [-0.25, -0.2) is 0 Å². The molecule has 2 aromatic rings. The Labute approximate surface area is 165 Å². The highest BCUT2D eigenvalue weighted by Gasteiger charge is 2.32. The molecule has 0 spiro atoms. The predicted octanol–water partition coefficient (Wildman–Crippen LogP) is 2.43. The highest BCUT2D eigenvalue weighted by atomic mass is 16.5. The van der Waals surface area contributed by atoms with Crippen molar-refractivity contribution in [2.45, 2.75) is 26.0 Å². The van der Waals surface area contributed by atoms with Gasteiger partial charge in [0, 0.05) is 32.7 Å². The van der Waals surface area contributed by atoms with E-state index in [-0.39, 0.29) is 18.2 Å². The summed E-state index contributed by atoms with van der Waals surface area (Å²) in [6, 6.07) is 15.8. The minimum absolute atomic E-state index is 0.0327. The fourth-order valence-electron chi connectivity index (χ4n) is 3.74. The molecule has 2 amide bonds. The fourth-order valence-corrected chi connectivity index (χ4v) is 3.74. The smallest absolute Gasteiger partial charge is 0.266 e. The number of hydrogen-bond donors (Lipinski definition) is 1. The number of amides is 2. The monoisotopic (exact) mass is 379 g/mol. The van der Waals surface area contributed by atoms with Crippen molar-refractivity contribution in [3.05, 3.63) is 59.7 Å². The molecule has 2 aliphatic rings. The number of para-hydroxylation sites is 2. The summed E-state index contributed by atoms with van der Waals surface area (Å²) in [6.07, 6.45) is -0.703. The van der Waals surface area contributed by atoms with Gasteiger partial charge in [0.15, 0.2) is 6.10 Å². The van der Waals surface area contributed by atoms with Crippen LogP contribution < -0.4 is 10.1 Å². The number of piperazine rings is 1. The molecular weight excluding hydrogens is 354 g/mol. The van der Waals surface area contributed by atoms with Crippen molar-refractivity contribution in [1.82, 2.24) is 9.80 Å². The minimum atomic E-state index is -0.771. The summed E-state index contributed by atoms with van der Waals surface area (Å²) in [5.41, 5.74) is 3.21. The molecule has 1 N–H and O–H groups in total. The number of nitrogens with one attached hydrogen (secondary N) is 1. The van der Waals surface area contributed by atoms with Gasteiger partial charge in [0.05, 0.1) is 12.1 Å². The molecule has 146 valence electrons. The lowest BCUT2D eigenvalue weighted by Crippen LogP contribution is -2.50. The van der Waals surface area contributed by atoms with E-state index in [0.717, 1.165) is 19.6 Å². The standard InChI is InChI=1S/C22H25N3O3/c1-16-5-4-6-17(13-16)15-24-9-11-25(12-10-24)21(26)14-20-22(27)23-18-7-2-3-8-19(18)28-20/h2-8,13,20H,9-12,14-15H2,1H3,(H,23,27)/t20-/m1/s1. The van der Waals surface area contributed by atoms with Crippen molar-refractivity contribution >= 4 is 17.5 Å².